The van der Waals surface area contributed by atoms with E-state index in [1.807, 2.05) is 41.9 Å². The third-order valence-electron chi connectivity index (χ3n) is 9.64. The summed E-state index contributed by atoms with van der Waals surface area (Å²) in [6, 6.07) is 19.0. The summed E-state index contributed by atoms with van der Waals surface area (Å²) in [6.45, 7) is 2.22. The molecule has 2 aromatic heterocycles. The fraction of sp³-hybridized carbons (Fsp3) is 0.286. The minimum atomic E-state index is -0.343. The highest BCUT2D eigenvalue weighted by molar-refractivity contribution is 6.27. The average Bonchev–Trinajstić information content (AvgIpc) is 3.32. The Morgan fingerprint density at radius 3 is 2.69 bits per heavy atom. The lowest BCUT2D eigenvalue weighted by molar-refractivity contribution is 0.0273. The van der Waals surface area contributed by atoms with Crippen LogP contribution in [-0.2, 0) is 18.3 Å². The number of carbonyl (C=O) groups excluding carboxylic acids is 1. The zero-order valence-corrected chi connectivity index (χ0v) is 24.6. The minimum absolute atomic E-state index is 0.214. The van der Waals surface area contributed by atoms with Gasteiger partial charge in [0.05, 0.1) is 35.6 Å². The molecule has 5 aromatic rings. The van der Waals surface area contributed by atoms with E-state index in [0.29, 0.717) is 57.7 Å². The van der Waals surface area contributed by atoms with Gasteiger partial charge in [0.15, 0.2) is 5.82 Å². The summed E-state index contributed by atoms with van der Waals surface area (Å²) in [4.78, 5) is 23.3. The number of carbonyl (C=O) groups is 1. The van der Waals surface area contributed by atoms with Crippen molar-refractivity contribution < 1.29 is 13.9 Å². The number of nitrogens with zero attached hydrogens (tertiary/aromatic N) is 7. The Labute approximate surface area is 258 Å². The number of hydrogen-bond acceptors (Lipinski definition) is 7. The molecule has 9 rings (SSSR count). The van der Waals surface area contributed by atoms with Crippen molar-refractivity contribution in [2.75, 3.05) is 18.1 Å². The lowest BCUT2D eigenvalue weighted by atomic mass is 9.96. The van der Waals surface area contributed by atoms with Crippen LogP contribution in [0.25, 0.3) is 33.3 Å². The maximum atomic E-state index is 15.4. The van der Waals surface area contributed by atoms with Crippen molar-refractivity contribution in [3.8, 4) is 28.6 Å². The van der Waals surface area contributed by atoms with E-state index in [-0.39, 0.29) is 17.8 Å². The number of aryl methyl sites for hydroxylation is 1. The van der Waals surface area contributed by atoms with Gasteiger partial charge in [-0.3, -0.25) is 14.6 Å². The van der Waals surface area contributed by atoms with Crippen LogP contribution in [0.2, 0.25) is 0 Å². The third-order valence-corrected chi connectivity index (χ3v) is 9.64. The quantitative estimate of drug-likeness (QED) is 0.242. The molecule has 1 saturated carbocycles. The SMILES string of the molecule is Cn1cnnc1-c1cc(C#N)ccc1-c1cc(C2CC2)nc(N2C(=O)c3cc(CN4C[C@@H]5C[C@H]4CO5)cc4c(F)ccc2c34)c1. The Bertz CT molecular complexity index is 2110. The molecule has 4 aliphatic rings. The Kier molecular flexibility index (Phi) is 5.73. The first-order valence-corrected chi connectivity index (χ1v) is 15.3. The van der Waals surface area contributed by atoms with Crippen LogP contribution >= 0.6 is 0 Å². The van der Waals surface area contributed by atoms with Crippen LogP contribution in [0, 0.1) is 17.1 Å². The van der Waals surface area contributed by atoms with Gasteiger partial charge in [-0.25, -0.2) is 9.37 Å². The van der Waals surface area contributed by atoms with Gasteiger partial charge < -0.3 is 9.30 Å². The molecule has 0 N–H and O–H groups in total. The van der Waals surface area contributed by atoms with Gasteiger partial charge in [0, 0.05) is 54.1 Å². The van der Waals surface area contributed by atoms with Crippen LogP contribution in [0.5, 0.6) is 0 Å². The topological polar surface area (TPSA) is 100 Å². The molecule has 0 spiro atoms. The predicted octanol–water partition coefficient (Wildman–Crippen LogP) is 5.85. The van der Waals surface area contributed by atoms with Gasteiger partial charge in [0.2, 0.25) is 0 Å². The summed E-state index contributed by atoms with van der Waals surface area (Å²) < 4.78 is 23.0. The monoisotopic (exact) mass is 597 g/mol. The van der Waals surface area contributed by atoms with Gasteiger partial charge in [-0.05, 0) is 84.5 Å². The number of halogens is 1. The number of benzene rings is 3. The number of pyridine rings is 1. The van der Waals surface area contributed by atoms with Crippen molar-refractivity contribution in [2.24, 2.45) is 7.05 Å². The molecule has 2 atom stereocenters. The molecule has 3 aromatic carbocycles. The molecule has 5 heterocycles. The molecule has 0 unspecified atom stereocenters. The summed E-state index contributed by atoms with van der Waals surface area (Å²) in [5, 5.41) is 19.1. The highest BCUT2D eigenvalue weighted by Crippen LogP contribution is 2.47. The van der Waals surface area contributed by atoms with Crippen molar-refractivity contribution in [1.82, 2.24) is 24.6 Å². The van der Waals surface area contributed by atoms with Crippen LogP contribution < -0.4 is 4.90 Å². The predicted molar refractivity (Wildman–Crippen MR) is 165 cm³/mol. The number of rotatable bonds is 6. The van der Waals surface area contributed by atoms with Gasteiger partial charge >= 0.3 is 0 Å². The Balaban J connectivity index is 1.17. The van der Waals surface area contributed by atoms with Crippen molar-refractivity contribution in [3.05, 3.63) is 89.1 Å². The van der Waals surface area contributed by atoms with E-state index >= 15 is 4.39 Å². The van der Waals surface area contributed by atoms with E-state index in [0.717, 1.165) is 60.4 Å². The maximum absolute atomic E-state index is 15.4. The van der Waals surface area contributed by atoms with Gasteiger partial charge in [-0.1, -0.05) is 6.07 Å². The van der Waals surface area contributed by atoms with E-state index < -0.39 is 0 Å². The number of aromatic nitrogens is 4. The van der Waals surface area contributed by atoms with E-state index in [1.54, 1.807) is 23.4 Å². The highest BCUT2D eigenvalue weighted by Gasteiger charge is 2.40. The van der Waals surface area contributed by atoms with Crippen molar-refractivity contribution in [1.29, 1.82) is 5.26 Å². The first-order valence-electron chi connectivity index (χ1n) is 15.3. The smallest absolute Gasteiger partial charge is 0.264 e. The van der Waals surface area contributed by atoms with Crippen LogP contribution in [0.4, 0.5) is 15.9 Å². The number of ether oxygens (including phenoxy) is 1. The van der Waals surface area contributed by atoms with E-state index in [4.69, 9.17) is 9.72 Å². The third kappa shape index (κ3) is 4.19. The molecular weight excluding hydrogens is 569 g/mol. The Hall–Kier alpha value is -4.98. The fourth-order valence-corrected chi connectivity index (χ4v) is 7.27. The number of hydrogen-bond donors (Lipinski definition) is 0. The Morgan fingerprint density at radius 1 is 1.07 bits per heavy atom. The van der Waals surface area contributed by atoms with E-state index in [2.05, 4.69) is 27.2 Å². The minimum Gasteiger partial charge on any atom is -0.375 e. The lowest BCUT2D eigenvalue weighted by Gasteiger charge is -2.26. The molecule has 1 aliphatic carbocycles. The van der Waals surface area contributed by atoms with Crippen LogP contribution in [-0.4, -0.2) is 55.9 Å². The van der Waals surface area contributed by atoms with Gasteiger partial charge in [0.1, 0.15) is 18.0 Å². The second-order valence-electron chi connectivity index (χ2n) is 12.6. The van der Waals surface area contributed by atoms with E-state index in [1.165, 1.54) is 6.07 Å². The zero-order valence-electron chi connectivity index (χ0n) is 24.6. The number of nitriles is 1. The largest absolute Gasteiger partial charge is 0.375 e. The standard InChI is InChI=1S/C35H28FN7O2/c1-41-18-38-40-34(41)26-8-19(14-37)2-5-25(26)22-11-30(21-3-4-21)39-32(12-22)43-31-7-6-29(36)27-9-20(10-28(33(27)31)35(43)44)15-42-16-24-13-23(42)17-45-24/h2,5-12,18,21,23-24H,3-4,13,15-17H2,1H3/t23-,24-/m0/s1. The zero-order chi connectivity index (χ0) is 30.4. The second-order valence-corrected chi connectivity index (χ2v) is 12.6. The molecule has 3 fully saturated rings. The van der Waals surface area contributed by atoms with E-state index in [9.17, 15) is 10.1 Å². The molecule has 222 valence electrons. The van der Waals surface area contributed by atoms with Crippen LogP contribution in [0.1, 0.15) is 52.4 Å². The molecule has 1 amide bonds. The summed E-state index contributed by atoms with van der Waals surface area (Å²) in [5.41, 5.74) is 5.94. The first kappa shape index (κ1) is 26.4. The lowest BCUT2D eigenvalue weighted by Crippen LogP contribution is -2.36. The molecule has 2 saturated heterocycles. The summed E-state index contributed by atoms with van der Waals surface area (Å²) in [6.07, 6.45) is 4.97. The molecule has 10 heteroatoms. The molecule has 0 radical (unpaired) electrons. The van der Waals surface area contributed by atoms with Crippen molar-refractivity contribution in [3.63, 3.8) is 0 Å². The van der Waals surface area contributed by atoms with Gasteiger partial charge in [0.25, 0.3) is 5.91 Å². The second kappa shape index (κ2) is 9.76. The number of anilines is 2. The number of fused-ring (bicyclic) bond motifs is 2. The molecule has 45 heavy (non-hydrogen) atoms. The highest BCUT2D eigenvalue weighted by atomic mass is 19.1. The molecule has 2 bridgehead atoms. The average molecular weight is 598 g/mol. The van der Waals surface area contributed by atoms with Crippen LogP contribution in [0.3, 0.4) is 0 Å². The Morgan fingerprint density at radius 2 is 1.96 bits per heavy atom. The number of likely N-dealkylation sites (tertiary alicyclic amines) is 1. The first-order chi connectivity index (χ1) is 21.9. The van der Waals surface area contributed by atoms with Crippen molar-refractivity contribution in [2.45, 2.75) is 43.9 Å². The van der Waals surface area contributed by atoms with Crippen LogP contribution in [0.15, 0.2) is 60.9 Å². The number of amides is 1. The molecular formula is C35H28FN7O2. The summed E-state index contributed by atoms with van der Waals surface area (Å²) in [5.74, 6) is 0.869. The maximum Gasteiger partial charge on any atom is 0.264 e. The summed E-state index contributed by atoms with van der Waals surface area (Å²) in [7, 11) is 1.86. The summed E-state index contributed by atoms with van der Waals surface area (Å²) >= 11 is 0. The van der Waals surface area contributed by atoms with Gasteiger partial charge in [-0.2, -0.15) is 5.26 Å². The molecule has 9 nitrogen and oxygen atoms in total. The molecule has 3 aliphatic heterocycles. The fourth-order valence-electron chi connectivity index (χ4n) is 7.27. The van der Waals surface area contributed by atoms with Gasteiger partial charge in [-0.15, -0.1) is 10.2 Å². The normalized spacial score (nSPS) is 20.5. The van der Waals surface area contributed by atoms with Crippen molar-refractivity contribution >= 4 is 28.2 Å². The number of morpholine rings is 1.